The number of nitrogens with zero attached hydrogens (tertiary/aromatic N) is 1. The summed E-state index contributed by atoms with van der Waals surface area (Å²) in [6.45, 7) is 4.73. The molecule has 1 rings (SSSR count). The van der Waals surface area contributed by atoms with Gasteiger partial charge in [-0.2, -0.15) is 0 Å². The minimum Gasteiger partial charge on any atom is -0.479 e. The van der Waals surface area contributed by atoms with Crippen molar-refractivity contribution in [3.63, 3.8) is 0 Å². The minimum atomic E-state index is -1.72. The summed E-state index contributed by atoms with van der Waals surface area (Å²) >= 11 is 0. The summed E-state index contributed by atoms with van der Waals surface area (Å²) in [5.41, 5.74) is -1.30. The van der Waals surface area contributed by atoms with Gasteiger partial charge in [-0.1, -0.05) is 0 Å². The highest BCUT2D eigenvalue weighted by Gasteiger charge is 2.32. The monoisotopic (exact) mass is 319 g/mol. The van der Waals surface area contributed by atoms with Crippen LogP contribution in [0.4, 0.5) is 18.0 Å². The summed E-state index contributed by atoms with van der Waals surface area (Å²) in [5.74, 6) is -6.34. The number of likely N-dealkylation sites (N-methyl/N-ethyl adjacent to an activating group) is 1. The van der Waals surface area contributed by atoms with Crippen LogP contribution in [0.5, 0.6) is 0 Å². The van der Waals surface area contributed by atoms with E-state index in [9.17, 15) is 27.9 Å². The predicted molar refractivity (Wildman–Crippen MR) is 70.7 cm³/mol. The van der Waals surface area contributed by atoms with E-state index >= 15 is 0 Å². The maximum absolute atomic E-state index is 13.3. The van der Waals surface area contributed by atoms with E-state index in [1.165, 1.54) is 0 Å². The van der Waals surface area contributed by atoms with Crippen molar-refractivity contribution in [2.75, 3.05) is 7.05 Å². The van der Waals surface area contributed by atoms with Gasteiger partial charge in [-0.3, -0.25) is 4.90 Å². The van der Waals surface area contributed by atoms with E-state index in [-0.39, 0.29) is 0 Å². The first-order valence-corrected chi connectivity index (χ1v) is 6.27. The van der Waals surface area contributed by atoms with Gasteiger partial charge in [0, 0.05) is 7.05 Å². The molecule has 1 aromatic carbocycles. The summed E-state index contributed by atoms with van der Waals surface area (Å²) in [7, 11) is 1.10. The zero-order valence-corrected chi connectivity index (χ0v) is 12.5. The van der Waals surface area contributed by atoms with Crippen LogP contribution in [0.25, 0.3) is 0 Å². The molecule has 0 fully saturated rings. The van der Waals surface area contributed by atoms with Crippen LogP contribution in [-0.2, 0) is 9.53 Å². The number of halogens is 3. The van der Waals surface area contributed by atoms with Crippen LogP contribution >= 0.6 is 0 Å². The third kappa shape index (κ3) is 4.12. The lowest BCUT2D eigenvalue weighted by Gasteiger charge is -2.28. The van der Waals surface area contributed by atoms with Crippen LogP contribution < -0.4 is 0 Å². The van der Waals surface area contributed by atoms with Gasteiger partial charge in [-0.15, -0.1) is 0 Å². The lowest BCUT2D eigenvalue weighted by atomic mass is 10.1. The van der Waals surface area contributed by atoms with Crippen molar-refractivity contribution in [2.24, 2.45) is 0 Å². The molecule has 0 bridgehead atoms. The van der Waals surface area contributed by atoms with E-state index in [1.54, 1.807) is 20.8 Å². The molecule has 1 atom stereocenters. The van der Waals surface area contributed by atoms with Crippen molar-refractivity contribution in [3.8, 4) is 0 Å². The highest BCUT2D eigenvalue weighted by Crippen LogP contribution is 2.25. The number of benzene rings is 1. The standard InChI is InChI=1S/C14H16F3NO4/c1-14(2,3)22-13(21)18(4)11(12(19)20)7-5-8(15)10(17)9(16)6-7/h5-6,11H,1-4H3,(H,19,20). The number of carboxylic acids is 1. The molecule has 5 nitrogen and oxygen atoms in total. The van der Waals surface area contributed by atoms with Gasteiger partial charge in [-0.25, -0.2) is 22.8 Å². The van der Waals surface area contributed by atoms with Crippen LogP contribution in [0.15, 0.2) is 12.1 Å². The zero-order valence-electron chi connectivity index (χ0n) is 12.5. The molecule has 0 radical (unpaired) electrons. The predicted octanol–water partition coefficient (Wildman–Crippen LogP) is 3.10. The minimum absolute atomic E-state index is 0.419. The smallest absolute Gasteiger partial charge is 0.411 e. The molecule has 8 heteroatoms. The summed E-state index contributed by atoms with van der Waals surface area (Å²) in [6.07, 6.45) is -0.995. The second kappa shape index (κ2) is 6.25. The van der Waals surface area contributed by atoms with E-state index in [0.717, 1.165) is 7.05 Å². The average molecular weight is 319 g/mol. The molecule has 0 aliphatic rings. The molecular weight excluding hydrogens is 303 g/mol. The van der Waals surface area contributed by atoms with Gasteiger partial charge in [0.05, 0.1) is 0 Å². The summed E-state index contributed by atoms with van der Waals surface area (Å²) in [4.78, 5) is 23.9. The van der Waals surface area contributed by atoms with Crippen molar-refractivity contribution in [3.05, 3.63) is 35.1 Å². The molecule has 0 saturated heterocycles. The number of ether oxygens (including phenoxy) is 1. The number of carbonyl (C=O) groups is 2. The van der Waals surface area contributed by atoms with Gasteiger partial charge in [0.2, 0.25) is 0 Å². The molecule has 0 heterocycles. The van der Waals surface area contributed by atoms with Crippen molar-refractivity contribution in [2.45, 2.75) is 32.4 Å². The van der Waals surface area contributed by atoms with Gasteiger partial charge >= 0.3 is 12.1 Å². The Morgan fingerprint density at radius 3 is 2.00 bits per heavy atom. The highest BCUT2D eigenvalue weighted by molar-refractivity contribution is 5.81. The Balaban J connectivity index is 3.19. The Kier molecular flexibility index (Phi) is 5.05. The first-order chi connectivity index (χ1) is 9.94. The third-order valence-corrected chi connectivity index (χ3v) is 2.62. The molecule has 0 aromatic heterocycles. The van der Waals surface area contributed by atoms with Crippen LogP contribution in [-0.4, -0.2) is 34.7 Å². The van der Waals surface area contributed by atoms with Crippen molar-refractivity contribution < 1.29 is 32.6 Å². The van der Waals surface area contributed by atoms with Gasteiger partial charge in [0.15, 0.2) is 23.5 Å². The second-order valence-corrected chi connectivity index (χ2v) is 5.63. The Bertz CT molecular complexity index is 575. The zero-order chi connectivity index (χ0) is 17.2. The first kappa shape index (κ1) is 17.8. The molecule has 1 unspecified atom stereocenters. The molecule has 1 N–H and O–H groups in total. The normalized spacial score (nSPS) is 12.7. The Morgan fingerprint density at radius 2 is 1.64 bits per heavy atom. The average Bonchev–Trinajstić information content (AvgIpc) is 2.33. The fourth-order valence-corrected chi connectivity index (χ4v) is 1.70. The maximum atomic E-state index is 13.3. The van der Waals surface area contributed by atoms with Crippen LogP contribution in [0.1, 0.15) is 32.4 Å². The second-order valence-electron chi connectivity index (χ2n) is 5.63. The molecule has 0 saturated carbocycles. The van der Waals surface area contributed by atoms with E-state index in [0.29, 0.717) is 17.0 Å². The Morgan fingerprint density at radius 1 is 1.18 bits per heavy atom. The largest absolute Gasteiger partial charge is 0.479 e. The molecule has 1 amide bonds. The van der Waals surface area contributed by atoms with E-state index in [4.69, 9.17) is 4.74 Å². The van der Waals surface area contributed by atoms with Crippen molar-refractivity contribution in [1.82, 2.24) is 4.90 Å². The quantitative estimate of drug-likeness (QED) is 0.869. The van der Waals surface area contributed by atoms with E-state index < -0.39 is 46.7 Å². The molecular formula is C14H16F3NO4. The molecule has 1 aromatic rings. The van der Waals surface area contributed by atoms with Gasteiger partial charge in [0.25, 0.3) is 0 Å². The van der Waals surface area contributed by atoms with Crippen molar-refractivity contribution >= 4 is 12.1 Å². The van der Waals surface area contributed by atoms with E-state index in [2.05, 4.69) is 0 Å². The fraction of sp³-hybridized carbons (Fsp3) is 0.429. The molecule has 0 aliphatic carbocycles. The molecule has 0 aliphatic heterocycles. The molecule has 22 heavy (non-hydrogen) atoms. The van der Waals surface area contributed by atoms with E-state index in [1.807, 2.05) is 0 Å². The summed E-state index contributed by atoms with van der Waals surface area (Å²) in [6, 6.07) is -0.671. The fourth-order valence-electron chi connectivity index (χ4n) is 1.70. The highest BCUT2D eigenvalue weighted by atomic mass is 19.2. The number of hydrogen-bond acceptors (Lipinski definition) is 3. The lowest BCUT2D eigenvalue weighted by Crippen LogP contribution is -2.39. The maximum Gasteiger partial charge on any atom is 0.411 e. The topological polar surface area (TPSA) is 66.8 Å². The first-order valence-electron chi connectivity index (χ1n) is 6.27. The van der Waals surface area contributed by atoms with Crippen molar-refractivity contribution in [1.29, 1.82) is 0 Å². The SMILES string of the molecule is CN(C(=O)OC(C)(C)C)C(C(=O)O)c1cc(F)c(F)c(F)c1. The number of hydrogen-bond donors (Lipinski definition) is 1. The third-order valence-electron chi connectivity index (χ3n) is 2.62. The van der Waals surface area contributed by atoms with Crippen LogP contribution in [0.2, 0.25) is 0 Å². The molecule has 0 spiro atoms. The Labute approximate surface area is 125 Å². The number of rotatable bonds is 3. The van der Waals surface area contributed by atoms with Crippen LogP contribution in [0, 0.1) is 17.5 Å². The van der Waals surface area contributed by atoms with Gasteiger partial charge < -0.3 is 9.84 Å². The van der Waals surface area contributed by atoms with Crippen LogP contribution in [0.3, 0.4) is 0 Å². The van der Waals surface area contributed by atoms with Gasteiger partial charge in [-0.05, 0) is 38.5 Å². The Hall–Kier alpha value is -2.25. The number of amides is 1. The number of aliphatic carboxylic acids is 1. The number of carboxylic acid groups (broad SMARTS) is 1. The summed E-state index contributed by atoms with van der Waals surface area (Å²) in [5, 5.41) is 9.21. The lowest BCUT2D eigenvalue weighted by molar-refractivity contribution is -0.143. The number of carbonyl (C=O) groups excluding carboxylic acids is 1. The molecule has 122 valence electrons. The van der Waals surface area contributed by atoms with Gasteiger partial charge in [0.1, 0.15) is 5.60 Å². The summed E-state index contributed by atoms with van der Waals surface area (Å²) < 4.78 is 44.5.